The lowest BCUT2D eigenvalue weighted by Gasteiger charge is -2.18. The third kappa shape index (κ3) is 2.99. The van der Waals surface area contributed by atoms with Crippen LogP contribution in [0.1, 0.15) is 23.0 Å². The third-order valence-corrected chi connectivity index (χ3v) is 3.57. The van der Waals surface area contributed by atoms with Crippen molar-refractivity contribution in [2.45, 2.75) is 19.4 Å². The lowest BCUT2D eigenvalue weighted by Crippen LogP contribution is -2.21. The highest BCUT2D eigenvalue weighted by Gasteiger charge is 2.19. The predicted molar refractivity (Wildman–Crippen MR) is 74.8 cm³/mol. The Kier molecular flexibility index (Phi) is 4.40. The van der Waals surface area contributed by atoms with Gasteiger partial charge in [-0.3, -0.25) is 4.68 Å². The zero-order chi connectivity index (χ0) is 14.9. The Hall–Kier alpha value is -1.46. The maximum Gasteiger partial charge on any atom is 0.142 e. The fraction of sp³-hybridized carbons (Fsp3) is 0.357. The summed E-state index contributed by atoms with van der Waals surface area (Å²) in [5.74, 6) is -1.14. The molecule has 6 heteroatoms. The number of aryl methyl sites for hydroxylation is 2. The molecule has 0 bridgehead atoms. The average molecular weight is 300 g/mol. The molecule has 1 aromatic heterocycles. The van der Waals surface area contributed by atoms with E-state index in [1.165, 1.54) is 0 Å². The number of aromatic nitrogens is 2. The second-order valence-corrected chi connectivity index (χ2v) is 5.14. The Labute approximate surface area is 121 Å². The van der Waals surface area contributed by atoms with Gasteiger partial charge in [-0.25, -0.2) is 8.78 Å². The van der Waals surface area contributed by atoms with Gasteiger partial charge >= 0.3 is 0 Å². The third-order valence-electron chi connectivity index (χ3n) is 3.28. The number of rotatable bonds is 4. The molecule has 2 aromatic rings. The molecule has 0 saturated heterocycles. The maximum absolute atomic E-state index is 14.0. The smallest absolute Gasteiger partial charge is 0.142 e. The van der Waals surface area contributed by atoms with Crippen molar-refractivity contribution < 1.29 is 8.78 Å². The van der Waals surface area contributed by atoms with Crippen molar-refractivity contribution in [1.29, 1.82) is 0 Å². The molecular weight excluding hydrogens is 284 g/mol. The molecule has 0 aliphatic carbocycles. The molecule has 0 aliphatic rings. The van der Waals surface area contributed by atoms with Crippen LogP contribution < -0.4 is 5.32 Å². The minimum Gasteiger partial charge on any atom is -0.313 e. The maximum atomic E-state index is 14.0. The van der Waals surface area contributed by atoms with Crippen molar-refractivity contribution >= 4 is 11.6 Å². The van der Waals surface area contributed by atoms with Crippen LogP contribution in [0.15, 0.2) is 18.2 Å². The van der Waals surface area contributed by atoms with Crippen molar-refractivity contribution in [2.24, 2.45) is 7.05 Å². The fourth-order valence-corrected chi connectivity index (χ4v) is 2.39. The summed E-state index contributed by atoms with van der Waals surface area (Å²) in [6, 6.07) is 3.72. The van der Waals surface area contributed by atoms with Gasteiger partial charge < -0.3 is 5.32 Å². The molecule has 1 heterocycles. The van der Waals surface area contributed by atoms with Crippen molar-refractivity contribution in [3.8, 4) is 0 Å². The number of hydrogen-bond donors (Lipinski definition) is 1. The van der Waals surface area contributed by atoms with E-state index >= 15 is 0 Å². The largest absolute Gasteiger partial charge is 0.313 e. The van der Waals surface area contributed by atoms with Crippen LogP contribution >= 0.6 is 11.6 Å². The SMILES string of the molecule is CNC(Cc1cc(C)nn1C)c1cc(F)c(Cl)cc1F. The first kappa shape index (κ1) is 14.9. The minimum absolute atomic E-state index is 0.211. The summed E-state index contributed by atoms with van der Waals surface area (Å²) in [6.45, 7) is 1.89. The monoisotopic (exact) mass is 299 g/mol. The number of hydrogen-bond acceptors (Lipinski definition) is 2. The fourth-order valence-electron chi connectivity index (χ4n) is 2.24. The topological polar surface area (TPSA) is 29.9 Å². The minimum atomic E-state index is -0.621. The molecule has 0 fully saturated rings. The van der Waals surface area contributed by atoms with Crippen LogP contribution in [0.4, 0.5) is 8.78 Å². The van der Waals surface area contributed by atoms with Crippen LogP contribution in [0, 0.1) is 18.6 Å². The Balaban J connectivity index is 2.33. The van der Waals surface area contributed by atoms with Crippen molar-refractivity contribution in [1.82, 2.24) is 15.1 Å². The number of benzene rings is 1. The summed E-state index contributed by atoms with van der Waals surface area (Å²) >= 11 is 5.57. The zero-order valence-corrected chi connectivity index (χ0v) is 12.3. The summed E-state index contributed by atoms with van der Waals surface area (Å²) < 4.78 is 29.2. The molecule has 1 N–H and O–H groups in total. The van der Waals surface area contributed by atoms with E-state index in [0.29, 0.717) is 6.42 Å². The molecule has 1 atom stereocenters. The molecule has 0 amide bonds. The Morgan fingerprint density at radius 2 is 2.00 bits per heavy atom. The van der Waals surface area contributed by atoms with Gasteiger partial charge in [-0.2, -0.15) is 5.10 Å². The highest BCUT2D eigenvalue weighted by Crippen LogP contribution is 2.26. The van der Waals surface area contributed by atoms with Crippen LogP contribution in [-0.4, -0.2) is 16.8 Å². The molecule has 0 saturated carbocycles. The average Bonchev–Trinajstić information content (AvgIpc) is 2.69. The van der Waals surface area contributed by atoms with Crippen LogP contribution in [-0.2, 0) is 13.5 Å². The molecule has 20 heavy (non-hydrogen) atoms. The molecular formula is C14H16ClF2N3. The first-order valence-electron chi connectivity index (χ1n) is 6.23. The second-order valence-electron chi connectivity index (χ2n) is 4.73. The molecule has 1 unspecified atom stereocenters. The molecule has 0 spiro atoms. The number of nitrogens with one attached hydrogen (secondary N) is 1. The summed E-state index contributed by atoms with van der Waals surface area (Å²) in [6.07, 6.45) is 0.506. The predicted octanol–water partition coefficient (Wildman–Crippen LogP) is 3.16. The van der Waals surface area contributed by atoms with Gasteiger partial charge in [0.25, 0.3) is 0 Å². The molecule has 0 radical (unpaired) electrons. The number of likely N-dealkylation sites (N-methyl/N-ethyl adjacent to an activating group) is 1. The van der Waals surface area contributed by atoms with Crippen LogP contribution in [0.25, 0.3) is 0 Å². The molecule has 1 aromatic carbocycles. The van der Waals surface area contributed by atoms with E-state index in [9.17, 15) is 8.78 Å². The van der Waals surface area contributed by atoms with E-state index in [1.807, 2.05) is 20.0 Å². The molecule has 3 nitrogen and oxygen atoms in total. The summed E-state index contributed by atoms with van der Waals surface area (Å²) in [4.78, 5) is 0. The van der Waals surface area contributed by atoms with E-state index in [0.717, 1.165) is 23.5 Å². The van der Waals surface area contributed by atoms with Crippen LogP contribution in [0.3, 0.4) is 0 Å². The second kappa shape index (κ2) is 5.89. The van der Waals surface area contributed by atoms with E-state index in [1.54, 1.807) is 11.7 Å². The zero-order valence-electron chi connectivity index (χ0n) is 11.5. The van der Waals surface area contributed by atoms with E-state index in [4.69, 9.17) is 11.6 Å². The molecule has 108 valence electrons. The lowest BCUT2D eigenvalue weighted by atomic mass is 10.0. The van der Waals surface area contributed by atoms with Gasteiger partial charge in [0.1, 0.15) is 11.6 Å². The van der Waals surface area contributed by atoms with Crippen molar-refractivity contribution in [2.75, 3.05) is 7.05 Å². The Bertz CT molecular complexity index is 625. The normalized spacial score (nSPS) is 12.7. The van der Waals surface area contributed by atoms with E-state index in [2.05, 4.69) is 10.4 Å². The van der Waals surface area contributed by atoms with Gasteiger partial charge in [0.15, 0.2) is 0 Å². The number of halogens is 3. The van der Waals surface area contributed by atoms with Crippen molar-refractivity contribution in [3.05, 3.63) is 51.8 Å². The van der Waals surface area contributed by atoms with Gasteiger partial charge in [0.2, 0.25) is 0 Å². The first-order chi connectivity index (χ1) is 9.42. The first-order valence-corrected chi connectivity index (χ1v) is 6.61. The highest BCUT2D eigenvalue weighted by atomic mass is 35.5. The lowest BCUT2D eigenvalue weighted by molar-refractivity contribution is 0.511. The molecule has 0 aliphatic heterocycles. The van der Waals surface area contributed by atoms with Gasteiger partial charge in [0, 0.05) is 30.8 Å². The van der Waals surface area contributed by atoms with E-state index < -0.39 is 11.6 Å². The Morgan fingerprint density at radius 3 is 2.55 bits per heavy atom. The summed E-state index contributed by atoms with van der Waals surface area (Å²) in [5, 5.41) is 7.04. The molecule has 2 rings (SSSR count). The standard InChI is InChI=1S/C14H16ClF2N3/c1-8-4-9(20(3)19-8)5-14(18-2)10-6-13(17)11(15)7-12(10)16/h4,6-7,14,18H,5H2,1-3H3. The quantitative estimate of drug-likeness (QED) is 0.879. The van der Waals surface area contributed by atoms with Gasteiger partial charge in [-0.15, -0.1) is 0 Å². The Morgan fingerprint density at radius 1 is 1.30 bits per heavy atom. The van der Waals surface area contributed by atoms with Gasteiger partial charge in [0.05, 0.1) is 10.7 Å². The van der Waals surface area contributed by atoms with Crippen LogP contribution in [0.2, 0.25) is 5.02 Å². The number of nitrogens with zero attached hydrogens (tertiary/aromatic N) is 2. The highest BCUT2D eigenvalue weighted by molar-refractivity contribution is 6.30. The van der Waals surface area contributed by atoms with E-state index in [-0.39, 0.29) is 16.6 Å². The van der Waals surface area contributed by atoms with Gasteiger partial charge in [-0.05, 0) is 32.2 Å². The van der Waals surface area contributed by atoms with Crippen molar-refractivity contribution in [3.63, 3.8) is 0 Å². The summed E-state index contributed by atoms with van der Waals surface area (Å²) in [5.41, 5.74) is 2.09. The van der Waals surface area contributed by atoms with Crippen LogP contribution in [0.5, 0.6) is 0 Å². The van der Waals surface area contributed by atoms with Gasteiger partial charge in [-0.1, -0.05) is 11.6 Å². The summed E-state index contributed by atoms with van der Waals surface area (Å²) in [7, 11) is 3.54.